The van der Waals surface area contributed by atoms with Crippen LogP contribution in [0.5, 0.6) is 5.75 Å². The van der Waals surface area contributed by atoms with E-state index in [1.807, 2.05) is 6.07 Å². The highest BCUT2D eigenvalue weighted by atomic mass is 35.5. The minimum atomic E-state index is 0. The minimum absolute atomic E-state index is 0. The van der Waals surface area contributed by atoms with Gasteiger partial charge in [0.1, 0.15) is 5.75 Å². The number of nitrogens with zero attached hydrogens (tertiary/aromatic N) is 1. The molecule has 0 radical (unpaired) electrons. The van der Waals surface area contributed by atoms with Gasteiger partial charge < -0.3 is 15.0 Å². The second-order valence-electron chi connectivity index (χ2n) is 4.64. The molecule has 3 nitrogen and oxygen atoms in total. The monoisotopic (exact) mass is 390 g/mol. The van der Waals surface area contributed by atoms with E-state index in [2.05, 4.69) is 24.1 Å². The molecule has 7 heteroatoms. The van der Waals surface area contributed by atoms with E-state index in [0.717, 1.165) is 38.2 Å². The number of hydrogen-bond acceptors (Lipinski definition) is 3. The van der Waals surface area contributed by atoms with E-state index in [-0.39, 0.29) is 24.8 Å². The Hall–Kier alpha value is 0.1000. The zero-order valence-electron chi connectivity index (χ0n) is 13.3. The smallest absolute Gasteiger partial charge is 0.142 e. The van der Waals surface area contributed by atoms with Gasteiger partial charge in [0.2, 0.25) is 0 Å². The van der Waals surface area contributed by atoms with Crippen molar-refractivity contribution in [2.45, 2.75) is 26.8 Å². The lowest BCUT2D eigenvalue weighted by molar-refractivity contribution is 0.298. The van der Waals surface area contributed by atoms with Crippen LogP contribution >= 0.6 is 48.0 Å². The Bertz CT molecular complexity index is 415. The number of hydrogen-bond donors (Lipinski definition) is 1. The molecule has 1 aromatic carbocycles. The van der Waals surface area contributed by atoms with E-state index >= 15 is 0 Å². The van der Waals surface area contributed by atoms with Gasteiger partial charge >= 0.3 is 0 Å². The maximum atomic E-state index is 6.11. The molecular formula is C15H26Cl4N2O. The van der Waals surface area contributed by atoms with Crippen LogP contribution in [-0.4, -0.2) is 38.2 Å². The van der Waals surface area contributed by atoms with Crippen LogP contribution in [0.25, 0.3) is 0 Å². The lowest BCUT2D eigenvalue weighted by Crippen LogP contribution is -2.27. The molecule has 0 bridgehead atoms. The first kappa shape index (κ1) is 24.4. The molecule has 0 aromatic heterocycles. The van der Waals surface area contributed by atoms with Crippen molar-refractivity contribution >= 4 is 48.0 Å². The summed E-state index contributed by atoms with van der Waals surface area (Å²) in [6.45, 7) is 9.38. The SMILES string of the molecule is CCN(CC)CCCNCc1cc(Cl)cc(Cl)c1OC.Cl.Cl. The zero-order valence-corrected chi connectivity index (χ0v) is 16.5. The van der Waals surface area contributed by atoms with Gasteiger partial charge in [0.15, 0.2) is 0 Å². The Kier molecular flexibility index (Phi) is 15.0. The second-order valence-corrected chi connectivity index (χ2v) is 5.48. The minimum Gasteiger partial charge on any atom is -0.495 e. The van der Waals surface area contributed by atoms with Gasteiger partial charge in [0.25, 0.3) is 0 Å². The average molecular weight is 392 g/mol. The highest BCUT2D eigenvalue weighted by Crippen LogP contribution is 2.31. The van der Waals surface area contributed by atoms with Crippen LogP contribution in [-0.2, 0) is 6.54 Å². The van der Waals surface area contributed by atoms with Crippen LogP contribution in [0.3, 0.4) is 0 Å². The molecule has 22 heavy (non-hydrogen) atoms. The molecule has 0 heterocycles. The third-order valence-electron chi connectivity index (χ3n) is 3.33. The molecule has 0 unspecified atom stereocenters. The maximum Gasteiger partial charge on any atom is 0.142 e. The van der Waals surface area contributed by atoms with E-state index in [1.165, 1.54) is 0 Å². The fourth-order valence-corrected chi connectivity index (χ4v) is 2.78. The van der Waals surface area contributed by atoms with Crippen LogP contribution in [0.1, 0.15) is 25.8 Å². The third kappa shape index (κ3) is 8.09. The van der Waals surface area contributed by atoms with Crippen molar-refractivity contribution in [3.05, 3.63) is 27.7 Å². The topological polar surface area (TPSA) is 24.5 Å². The molecule has 0 aliphatic rings. The molecule has 0 atom stereocenters. The van der Waals surface area contributed by atoms with Crippen molar-refractivity contribution < 1.29 is 4.74 Å². The van der Waals surface area contributed by atoms with Crippen LogP contribution in [0.4, 0.5) is 0 Å². The van der Waals surface area contributed by atoms with E-state index < -0.39 is 0 Å². The summed E-state index contributed by atoms with van der Waals surface area (Å²) in [5, 5.41) is 4.60. The van der Waals surface area contributed by atoms with Crippen molar-refractivity contribution in [2.75, 3.05) is 33.3 Å². The van der Waals surface area contributed by atoms with Crippen molar-refractivity contribution in [3.63, 3.8) is 0 Å². The average Bonchev–Trinajstić information content (AvgIpc) is 2.42. The van der Waals surface area contributed by atoms with Crippen LogP contribution < -0.4 is 10.1 Å². The molecule has 0 aliphatic heterocycles. The first-order valence-electron chi connectivity index (χ1n) is 7.07. The summed E-state index contributed by atoms with van der Waals surface area (Å²) in [7, 11) is 1.62. The highest BCUT2D eigenvalue weighted by molar-refractivity contribution is 6.35. The van der Waals surface area contributed by atoms with Gasteiger partial charge in [-0.15, -0.1) is 24.8 Å². The predicted octanol–water partition coefficient (Wildman–Crippen LogP) is 4.67. The molecule has 0 saturated heterocycles. The van der Waals surface area contributed by atoms with E-state index in [1.54, 1.807) is 13.2 Å². The summed E-state index contributed by atoms with van der Waals surface area (Å²) in [6.07, 6.45) is 1.12. The summed E-state index contributed by atoms with van der Waals surface area (Å²) in [5.41, 5.74) is 0.993. The predicted molar refractivity (Wildman–Crippen MR) is 102 cm³/mol. The van der Waals surface area contributed by atoms with E-state index in [0.29, 0.717) is 22.3 Å². The molecule has 0 spiro atoms. The van der Waals surface area contributed by atoms with Crippen LogP contribution in [0.15, 0.2) is 12.1 Å². The zero-order chi connectivity index (χ0) is 15.0. The summed E-state index contributed by atoms with van der Waals surface area (Å²) in [5.74, 6) is 0.701. The van der Waals surface area contributed by atoms with Gasteiger partial charge in [0.05, 0.1) is 12.1 Å². The maximum absolute atomic E-state index is 6.11. The molecule has 130 valence electrons. The van der Waals surface area contributed by atoms with Gasteiger partial charge in [-0.1, -0.05) is 37.0 Å². The first-order chi connectivity index (χ1) is 9.62. The fourth-order valence-electron chi connectivity index (χ4n) is 2.16. The molecular weight excluding hydrogens is 366 g/mol. The Morgan fingerprint density at radius 1 is 1.14 bits per heavy atom. The van der Waals surface area contributed by atoms with Crippen LogP contribution in [0, 0.1) is 0 Å². The van der Waals surface area contributed by atoms with Gasteiger partial charge in [-0.05, 0) is 44.7 Å². The Morgan fingerprint density at radius 3 is 2.32 bits per heavy atom. The van der Waals surface area contributed by atoms with Gasteiger partial charge in [-0.3, -0.25) is 0 Å². The molecule has 1 N–H and O–H groups in total. The molecule has 0 amide bonds. The molecule has 0 fully saturated rings. The second kappa shape index (κ2) is 13.5. The highest BCUT2D eigenvalue weighted by Gasteiger charge is 2.09. The van der Waals surface area contributed by atoms with Crippen LogP contribution in [0.2, 0.25) is 10.0 Å². The van der Waals surface area contributed by atoms with Crippen molar-refractivity contribution in [1.29, 1.82) is 0 Å². The van der Waals surface area contributed by atoms with E-state index in [4.69, 9.17) is 27.9 Å². The number of methoxy groups -OCH3 is 1. The number of ether oxygens (including phenoxy) is 1. The summed E-state index contributed by atoms with van der Waals surface area (Å²) in [4.78, 5) is 2.42. The number of benzene rings is 1. The standard InChI is InChI=1S/C15H24Cl2N2O.2ClH/c1-4-19(5-2)8-6-7-18-11-12-9-13(16)10-14(17)15(12)20-3;;/h9-10,18H,4-8,11H2,1-3H3;2*1H. The van der Waals surface area contributed by atoms with Gasteiger partial charge in [-0.2, -0.15) is 0 Å². The summed E-state index contributed by atoms with van der Waals surface area (Å²) in [6, 6.07) is 3.59. The Balaban J connectivity index is 0. The van der Waals surface area contributed by atoms with Gasteiger partial charge in [-0.25, -0.2) is 0 Å². The van der Waals surface area contributed by atoms with Crippen molar-refractivity contribution in [1.82, 2.24) is 10.2 Å². The first-order valence-corrected chi connectivity index (χ1v) is 7.82. The van der Waals surface area contributed by atoms with Crippen molar-refractivity contribution in [3.8, 4) is 5.75 Å². The Morgan fingerprint density at radius 2 is 1.77 bits per heavy atom. The summed E-state index contributed by atoms with van der Waals surface area (Å²) < 4.78 is 5.32. The lowest BCUT2D eigenvalue weighted by atomic mass is 10.2. The van der Waals surface area contributed by atoms with Gasteiger partial charge in [0, 0.05) is 17.1 Å². The Labute approximate surface area is 156 Å². The number of rotatable bonds is 9. The molecule has 1 aromatic rings. The lowest BCUT2D eigenvalue weighted by Gasteiger charge is -2.18. The fraction of sp³-hybridized carbons (Fsp3) is 0.600. The molecule has 1 rings (SSSR count). The van der Waals surface area contributed by atoms with E-state index in [9.17, 15) is 0 Å². The quantitative estimate of drug-likeness (QED) is 0.619. The third-order valence-corrected chi connectivity index (χ3v) is 3.83. The number of nitrogens with one attached hydrogen (secondary N) is 1. The molecule has 0 aliphatic carbocycles. The normalized spacial score (nSPS) is 10.1. The molecule has 0 saturated carbocycles. The summed E-state index contributed by atoms with van der Waals surface area (Å²) >= 11 is 12.1. The van der Waals surface area contributed by atoms with Crippen molar-refractivity contribution in [2.24, 2.45) is 0 Å². The number of halogens is 4. The largest absolute Gasteiger partial charge is 0.495 e.